The van der Waals surface area contributed by atoms with E-state index >= 15 is 0 Å². The summed E-state index contributed by atoms with van der Waals surface area (Å²) in [7, 11) is 0. The maximum Gasteiger partial charge on any atom is 0.0931 e. The Kier molecular flexibility index (Phi) is 15.6. The molecule has 1 aromatic rings. The zero-order valence-electron chi connectivity index (χ0n) is 20.6. The largest absolute Gasteiger partial charge is 0.273 e. The average molecular weight is 447 g/mol. The van der Waals surface area contributed by atoms with E-state index in [1.165, 1.54) is 70.6 Å². The fourth-order valence-electron chi connectivity index (χ4n) is 4.59. The van der Waals surface area contributed by atoms with E-state index in [1.54, 1.807) is 0 Å². The Morgan fingerprint density at radius 3 is 1.91 bits per heavy atom. The van der Waals surface area contributed by atoms with Gasteiger partial charge in [0.25, 0.3) is 0 Å². The lowest BCUT2D eigenvalue weighted by molar-refractivity contribution is -0.322. The molecule has 0 heterocycles. The Morgan fingerprint density at radius 1 is 0.781 bits per heavy atom. The van der Waals surface area contributed by atoms with Gasteiger partial charge in [-0.15, -0.1) is 0 Å². The minimum Gasteiger partial charge on any atom is -0.273 e. The lowest BCUT2D eigenvalue weighted by atomic mass is 9.92. The molecular formula is C28H48NO3. The molecule has 1 aliphatic rings. The van der Waals surface area contributed by atoms with E-state index in [-0.39, 0.29) is 6.10 Å². The molecule has 4 nitrogen and oxygen atoms in total. The first kappa shape index (κ1) is 27.1. The quantitative estimate of drug-likeness (QED) is 0.122. The van der Waals surface area contributed by atoms with Crippen LogP contribution in [0.2, 0.25) is 0 Å². The lowest BCUT2D eigenvalue weighted by Gasteiger charge is -2.36. The molecule has 183 valence electrons. The van der Waals surface area contributed by atoms with Crippen molar-refractivity contribution in [1.82, 2.24) is 0 Å². The SMILES string of the molecule is [CH2]COOC1CCC(N(OCCCCCCCCCCCCCC)c2ccccc2)CC1. The molecular weight excluding hydrogens is 398 g/mol. The van der Waals surface area contributed by atoms with Crippen molar-refractivity contribution >= 4 is 5.69 Å². The number of para-hydroxylation sites is 1. The minimum absolute atomic E-state index is 0.182. The van der Waals surface area contributed by atoms with Crippen LogP contribution < -0.4 is 5.06 Å². The van der Waals surface area contributed by atoms with Crippen LogP contribution in [0.1, 0.15) is 110 Å². The van der Waals surface area contributed by atoms with E-state index in [1.807, 2.05) is 0 Å². The van der Waals surface area contributed by atoms with E-state index in [4.69, 9.17) is 14.6 Å². The van der Waals surface area contributed by atoms with Crippen LogP contribution in [-0.2, 0) is 14.6 Å². The predicted molar refractivity (Wildman–Crippen MR) is 134 cm³/mol. The summed E-state index contributed by atoms with van der Waals surface area (Å²) in [4.78, 5) is 16.8. The Hall–Kier alpha value is -1.10. The smallest absolute Gasteiger partial charge is 0.0931 e. The number of hydroxylamine groups is 1. The Morgan fingerprint density at radius 2 is 1.34 bits per heavy atom. The van der Waals surface area contributed by atoms with Crippen molar-refractivity contribution in [3.05, 3.63) is 37.3 Å². The number of hydrogen-bond acceptors (Lipinski definition) is 4. The summed E-state index contributed by atoms with van der Waals surface area (Å²) in [6.45, 7) is 7.11. The summed E-state index contributed by atoms with van der Waals surface area (Å²) < 4.78 is 0. The monoisotopic (exact) mass is 446 g/mol. The summed E-state index contributed by atoms with van der Waals surface area (Å²) in [6.07, 6.45) is 20.7. The molecule has 1 aliphatic carbocycles. The number of hydrogen-bond donors (Lipinski definition) is 0. The van der Waals surface area contributed by atoms with Crippen molar-refractivity contribution in [1.29, 1.82) is 0 Å². The predicted octanol–water partition coefficient (Wildman–Crippen LogP) is 8.22. The van der Waals surface area contributed by atoms with Gasteiger partial charge in [-0.3, -0.25) is 9.90 Å². The molecule has 1 fully saturated rings. The molecule has 0 unspecified atom stereocenters. The topological polar surface area (TPSA) is 30.9 Å². The number of nitrogens with zero attached hydrogens (tertiary/aromatic N) is 1. The van der Waals surface area contributed by atoms with E-state index in [0.29, 0.717) is 12.6 Å². The summed E-state index contributed by atoms with van der Waals surface area (Å²) in [5, 5.41) is 2.16. The summed E-state index contributed by atoms with van der Waals surface area (Å²) in [6, 6.07) is 10.9. The number of rotatable bonds is 19. The van der Waals surface area contributed by atoms with Gasteiger partial charge in [0, 0.05) is 0 Å². The molecule has 4 heteroatoms. The lowest BCUT2D eigenvalue weighted by Crippen LogP contribution is -2.40. The molecule has 0 atom stereocenters. The van der Waals surface area contributed by atoms with Gasteiger partial charge in [0.05, 0.1) is 31.0 Å². The Bertz CT molecular complexity index is 531. The zero-order chi connectivity index (χ0) is 22.7. The fraction of sp³-hybridized carbons (Fsp3) is 0.750. The van der Waals surface area contributed by atoms with Crippen LogP contribution >= 0.6 is 0 Å². The first-order chi connectivity index (χ1) is 15.8. The van der Waals surface area contributed by atoms with Gasteiger partial charge < -0.3 is 0 Å². The molecule has 0 saturated heterocycles. The highest BCUT2D eigenvalue weighted by molar-refractivity contribution is 5.44. The number of unbranched alkanes of at least 4 members (excludes halogenated alkanes) is 11. The molecule has 0 aromatic heterocycles. The normalized spacial score (nSPS) is 18.7. The van der Waals surface area contributed by atoms with Crippen LogP contribution in [0.3, 0.4) is 0 Å². The van der Waals surface area contributed by atoms with Crippen LogP contribution in [0.4, 0.5) is 5.69 Å². The van der Waals surface area contributed by atoms with Crippen LogP contribution in [0, 0.1) is 6.92 Å². The van der Waals surface area contributed by atoms with Gasteiger partial charge in [0.2, 0.25) is 0 Å². The number of anilines is 1. The van der Waals surface area contributed by atoms with Gasteiger partial charge in [0.15, 0.2) is 0 Å². The minimum atomic E-state index is 0.182. The van der Waals surface area contributed by atoms with E-state index in [0.717, 1.165) is 44.4 Å². The molecule has 1 radical (unpaired) electrons. The highest BCUT2D eigenvalue weighted by atomic mass is 17.2. The van der Waals surface area contributed by atoms with Crippen LogP contribution in [0.15, 0.2) is 30.3 Å². The van der Waals surface area contributed by atoms with Crippen molar-refractivity contribution in [3.8, 4) is 0 Å². The first-order valence-electron chi connectivity index (χ1n) is 13.4. The molecule has 2 rings (SSSR count). The van der Waals surface area contributed by atoms with Crippen LogP contribution in [0.5, 0.6) is 0 Å². The Labute approximate surface area is 197 Å². The highest BCUT2D eigenvalue weighted by Crippen LogP contribution is 2.29. The highest BCUT2D eigenvalue weighted by Gasteiger charge is 2.28. The molecule has 0 N–H and O–H groups in total. The molecule has 0 bridgehead atoms. The van der Waals surface area contributed by atoms with Gasteiger partial charge in [-0.2, -0.15) is 0 Å². The third kappa shape index (κ3) is 11.7. The summed E-state index contributed by atoms with van der Waals surface area (Å²) in [5.74, 6) is 0. The Balaban J connectivity index is 1.58. The molecule has 0 spiro atoms. The van der Waals surface area contributed by atoms with Gasteiger partial charge >= 0.3 is 0 Å². The van der Waals surface area contributed by atoms with Gasteiger partial charge in [-0.05, 0) is 51.2 Å². The van der Waals surface area contributed by atoms with Gasteiger partial charge in [0.1, 0.15) is 0 Å². The summed E-state index contributed by atoms with van der Waals surface area (Å²) in [5.41, 5.74) is 1.16. The van der Waals surface area contributed by atoms with Crippen molar-refractivity contribution in [2.24, 2.45) is 0 Å². The molecule has 1 aromatic carbocycles. The van der Waals surface area contributed by atoms with E-state index in [9.17, 15) is 0 Å². The second kappa shape index (κ2) is 18.3. The van der Waals surface area contributed by atoms with Gasteiger partial charge in [-0.1, -0.05) is 95.8 Å². The maximum atomic E-state index is 6.33. The third-order valence-electron chi connectivity index (χ3n) is 6.50. The standard InChI is InChI=1S/C28H48NO3/c1-3-5-6-7-8-9-10-11-12-13-14-18-25-30-29(26-19-16-15-17-20-26)27-21-23-28(24-22-27)32-31-4-2/h15-17,19-20,27-28H,2-14,18,21-25H2,1H3. The second-order valence-electron chi connectivity index (χ2n) is 9.23. The van der Waals surface area contributed by atoms with Crippen molar-refractivity contribution in [2.45, 2.75) is 122 Å². The van der Waals surface area contributed by atoms with E-state index < -0.39 is 0 Å². The molecule has 0 aliphatic heterocycles. The zero-order valence-corrected chi connectivity index (χ0v) is 20.6. The summed E-state index contributed by atoms with van der Waals surface area (Å²) >= 11 is 0. The van der Waals surface area contributed by atoms with Gasteiger partial charge in [-0.25, -0.2) is 9.78 Å². The van der Waals surface area contributed by atoms with Crippen LogP contribution in [-0.4, -0.2) is 25.4 Å². The van der Waals surface area contributed by atoms with Crippen molar-refractivity contribution in [2.75, 3.05) is 18.3 Å². The van der Waals surface area contributed by atoms with Crippen LogP contribution in [0.25, 0.3) is 0 Å². The maximum absolute atomic E-state index is 6.33. The molecule has 32 heavy (non-hydrogen) atoms. The van der Waals surface area contributed by atoms with Crippen molar-refractivity contribution in [3.63, 3.8) is 0 Å². The molecule has 0 amide bonds. The second-order valence-corrected chi connectivity index (χ2v) is 9.23. The molecule has 1 saturated carbocycles. The average Bonchev–Trinajstić information content (AvgIpc) is 2.84. The fourth-order valence-corrected chi connectivity index (χ4v) is 4.59. The third-order valence-corrected chi connectivity index (χ3v) is 6.50. The van der Waals surface area contributed by atoms with E-state index in [2.05, 4.69) is 49.2 Å². The number of benzene rings is 1. The van der Waals surface area contributed by atoms with Crippen molar-refractivity contribution < 1.29 is 14.6 Å². The first-order valence-corrected chi connectivity index (χ1v) is 13.4.